The topological polar surface area (TPSA) is 79.9 Å². The molecule has 0 aromatic carbocycles. The number of aliphatic carboxylic acids is 1. The average molecular weight is 350 g/mol. The van der Waals surface area contributed by atoms with Crippen molar-refractivity contribution in [1.29, 1.82) is 0 Å². The highest BCUT2D eigenvalue weighted by atomic mass is 16.6. The van der Waals surface area contributed by atoms with E-state index < -0.39 is 23.8 Å². The lowest BCUT2D eigenvalue weighted by atomic mass is 9.50. The van der Waals surface area contributed by atoms with Crippen molar-refractivity contribution in [3.05, 3.63) is 24.2 Å². The number of aryl methyl sites for hydroxylation is 1. The van der Waals surface area contributed by atoms with E-state index in [2.05, 4.69) is 20.8 Å². The van der Waals surface area contributed by atoms with Gasteiger partial charge in [0.1, 0.15) is 0 Å². The molecule has 2 N–H and O–H groups in total. The molecule has 0 bridgehead atoms. The Labute approximate surface area is 149 Å². The van der Waals surface area contributed by atoms with Crippen LogP contribution in [0.2, 0.25) is 0 Å². The number of hydrogen-bond donors (Lipinski definition) is 2. The van der Waals surface area contributed by atoms with E-state index in [-0.39, 0.29) is 16.7 Å². The summed E-state index contributed by atoms with van der Waals surface area (Å²) in [5.74, 6) is -1.64. The number of aliphatic hydroxyl groups is 1. The highest BCUT2D eigenvalue weighted by molar-refractivity contribution is 5.71. The molecule has 2 heterocycles. The lowest BCUT2D eigenvalue weighted by Crippen LogP contribution is -2.56. The average Bonchev–Trinajstić information content (AvgIpc) is 3.09. The van der Waals surface area contributed by atoms with Crippen molar-refractivity contribution in [2.24, 2.45) is 22.7 Å². The normalized spacial score (nSPS) is 38.3. The Hall–Kier alpha value is -1.33. The predicted molar refractivity (Wildman–Crippen MR) is 92.9 cm³/mol. The van der Waals surface area contributed by atoms with Crippen LogP contribution in [0.3, 0.4) is 0 Å². The summed E-state index contributed by atoms with van der Waals surface area (Å²) in [6, 6.07) is 1.90. The molecule has 2 fully saturated rings. The number of rotatable bonds is 5. The molecule has 3 rings (SSSR count). The predicted octanol–water partition coefficient (Wildman–Crippen LogP) is 3.85. The van der Waals surface area contributed by atoms with Crippen molar-refractivity contribution in [3.63, 3.8) is 0 Å². The molecule has 5 heteroatoms. The van der Waals surface area contributed by atoms with Crippen LogP contribution < -0.4 is 0 Å². The Kier molecular flexibility index (Phi) is 4.53. The van der Waals surface area contributed by atoms with Gasteiger partial charge in [0.2, 0.25) is 0 Å². The molecule has 1 aromatic heterocycles. The fourth-order valence-electron chi connectivity index (χ4n) is 5.80. The maximum Gasteiger partial charge on any atom is 0.309 e. The van der Waals surface area contributed by atoms with Gasteiger partial charge in [-0.15, -0.1) is 0 Å². The molecule has 25 heavy (non-hydrogen) atoms. The lowest BCUT2D eigenvalue weighted by Gasteiger charge is -2.53. The van der Waals surface area contributed by atoms with E-state index in [0.29, 0.717) is 12.8 Å². The summed E-state index contributed by atoms with van der Waals surface area (Å²) in [5.41, 5.74) is -0.326. The molecular weight excluding hydrogens is 320 g/mol. The van der Waals surface area contributed by atoms with Gasteiger partial charge in [0.15, 0.2) is 6.29 Å². The lowest BCUT2D eigenvalue weighted by molar-refractivity contribution is -0.192. The molecule has 2 aliphatic rings. The third kappa shape index (κ3) is 2.72. The van der Waals surface area contributed by atoms with Crippen LogP contribution in [0.1, 0.15) is 58.9 Å². The smallest absolute Gasteiger partial charge is 0.309 e. The Morgan fingerprint density at radius 1 is 1.36 bits per heavy atom. The highest BCUT2D eigenvalue weighted by Crippen LogP contribution is 2.65. The molecule has 5 nitrogen and oxygen atoms in total. The summed E-state index contributed by atoms with van der Waals surface area (Å²) in [6.07, 6.45) is 6.54. The van der Waals surface area contributed by atoms with Crippen LogP contribution in [0.15, 0.2) is 23.0 Å². The molecule has 0 unspecified atom stereocenters. The molecule has 1 aromatic rings. The van der Waals surface area contributed by atoms with Crippen molar-refractivity contribution in [2.75, 3.05) is 0 Å². The van der Waals surface area contributed by atoms with E-state index in [1.54, 1.807) is 19.5 Å². The minimum atomic E-state index is -0.925. The van der Waals surface area contributed by atoms with E-state index in [4.69, 9.17) is 9.15 Å². The van der Waals surface area contributed by atoms with Gasteiger partial charge in [-0.3, -0.25) is 4.79 Å². The van der Waals surface area contributed by atoms with Crippen LogP contribution in [0, 0.1) is 22.7 Å². The van der Waals surface area contributed by atoms with Crippen molar-refractivity contribution in [2.45, 2.75) is 71.7 Å². The van der Waals surface area contributed by atoms with E-state index in [1.165, 1.54) is 0 Å². The summed E-state index contributed by atoms with van der Waals surface area (Å²) in [5, 5.41) is 20.6. The quantitative estimate of drug-likeness (QED) is 0.843. The Morgan fingerprint density at radius 3 is 2.68 bits per heavy atom. The van der Waals surface area contributed by atoms with Crippen molar-refractivity contribution < 1.29 is 24.2 Å². The Balaban J connectivity index is 2.02. The van der Waals surface area contributed by atoms with Crippen LogP contribution in [0.25, 0.3) is 0 Å². The van der Waals surface area contributed by atoms with Gasteiger partial charge in [0, 0.05) is 11.3 Å². The molecule has 5 atom stereocenters. The molecule has 1 aliphatic heterocycles. The molecule has 140 valence electrons. The first-order chi connectivity index (χ1) is 11.6. The van der Waals surface area contributed by atoms with Gasteiger partial charge in [0.25, 0.3) is 0 Å². The summed E-state index contributed by atoms with van der Waals surface area (Å²) in [6.45, 7) is 8.18. The van der Waals surface area contributed by atoms with Crippen LogP contribution in [-0.2, 0) is 16.0 Å². The van der Waals surface area contributed by atoms with Gasteiger partial charge in [0.05, 0.1) is 24.0 Å². The van der Waals surface area contributed by atoms with E-state index in [0.717, 1.165) is 24.8 Å². The maximum atomic E-state index is 12.0. The maximum absolute atomic E-state index is 12.0. The first-order valence-electron chi connectivity index (χ1n) is 9.24. The van der Waals surface area contributed by atoms with E-state index in [9.17, 15) is 15.0 Å². The number of ether oxygens (including phenoxy) is 1. The highest BCUT2D eigenvalue weighted by Gasteiger charge is 2.69. The van der Waals surface area contributed by atoms with Crippen LogP contribution in [-0.4, -0.2) is 28.1 Å². The summed E-state index contributed by atoms with van der Waals surface area (Å²) < 4.78 is 11.4. The van der Waals surface area contributed by atoms with E-state index >= 15 is 0 Å². The van der Waals surface area contributed by atoms with Crippen LogP contribution in [0.5, 0.6) is 0 Å². The molecular formula is C20H30O5. The third-order valence-electron chi connectivity index (χ3n) is 7.06. The monoisotopic (exact) mass is 350 g/mol. The Morgan fingerprint density at radius 2 is 2.08 bits per heavy atom. The second-order valence-corrected chi connectivity index (χ2v) is 8.83. The number of carbonyl (C=O) groups is 1. The van der Waals surface area contributed by atoms with Gasteiger partial charge in [-0.1, -0.05) is 27.2 Å². The fraction of sp³-hybridized carbons (Fsp3) is 0.750. The summed E-state index contributed by atoms with van der Waals surface area (Å²) in [4.78, 5) is 12.0. The number of carboxylic acid groups (broad SMARTS) is 1. The number of hydrogen-bond acceptors (Lipinski definition) is 4. The summed E-state index contributed by atoms with van der Waals surface area (Å²) >= 11 is 0. The van der Waals surface area contributed by atoms with Crippen molar-refractivity contribution in [1.82, 2.24) is 0 Å². The molecule has 1 aliphatic carbocycles. The third-order valence-corrected chi connectivity index (χ3v) is 7.06. The van der Waals surface area contributed by atoms with Gasteiger partial charge < -0.3 is 19.4 Å². The fourth-order valence-corrected chi connectivity index (χ4v) is 5.80. The molecule has 1 saturated carbocycles. The standard InChI is InChI=1S/C20H30O5/c1-13(16(21)22)20(10-6-14-7-11-24-12-14)19(4)9-5-8-18(2,3)15(19)17(23)25-20/h7,11-13,15,17,23H,5-6,8-10H2,1-4H3,(H,21,22)/t13-,15+,17-,19+,20-/m1/s1. The second kappa shape index (κ2) is 6.13. The summed E-state index contributed by atoms with van der Waals surface area (Å²) in [7, 11) is 0. The van der Waals surface area contributed by atoms with E-state index in [1.807, 2.05) is 6.07 Å². The van der Waals surface area contributed by atoms with Crippen LogP contribution in [0.4, 0.5) is 0 Å². The number of aliphatic hydroxyl groups excluding tert-OH is 1. The number of carboxylic acids is 1. The van der Waals surface area contributed by atoms with Gasteiger partial charge in [-0.05, 0) is 49.7 Å². The van der Waals surface area contributed by atoms with Crippen molar-refractivity contribution >= 4 is 5.97 Å². The largest absolute Gasteiger partial charge is 0.481 e. The molecule has 1 saturated heterocycles. The molecule has 0 spiro atoms. The Bertz CT molecular complexity index is 622. The molecule has 0 amide bonds. The zero-order valence-electron chi connectivity index (χ0n) is 15.6. The minimum absolute atomic E-state index is 0.0695. The van der Waals surface area contributed by atoms with Gasteiger partial charge >= 0.3 is 5.97 Å². The minimum Gasteiger partial charge on any atom is -0.481 e. The first kappa shape index (κ1) is 18.5. The van der Waals surface area contributed by atoms with Gasteiger partial charge in [-0.2, -0.15) is 0 Å². The second-order valence-electron chi connectivity index (χ2n) is 8.83. The SMILES string of the molecule is C[C@H](C(=O)O)[C@@]1(CCc2ccoc2)O[C@@H](O)[C@H]2C(C)(C)CCC[C@@]21C. The van der Waals surface area contributed by atoms with Gasteiger partial charge in [-0.25, -0.2) is 0 Å². The van der Waals surface area contributed by atoms with Crippen LogP contribution >= 0.6 is 0 Å². The number of furan rings is 1. The zero-order chi connectivity index (χ0) is 18.5. The number of fused-ring (bicyclic) bond motifs is 1. The zero-order valence-corrected chi connectivity index (χ0v) is 15.6. The first-order valence-corrected chi connectivity index (χ1v) is 9.24. The van der Waals surface area contributed by atoms with Crippen molar-refractivity contribution in [3.8, 4) is 0 Å². The molecule has 0 radical (unpaired) electrons.